The fourth-order valence-corrected chi connectivity index (χ4v) is 5.35. The van der Waals surface area contributed by atoms with Crippen molar-refractivity contribution in [2.24, 2.45) is 5.41 Å². The number of rotatable bonds is 12. The summed E-state index contributed by atoms with van der Waals surface area (Å²) in [5.41, 5.74) is 1.01. The van der Waals surface area contributed by atoms with Crippen LogP contribution in [0.1, 0.15) is 77.2 Å². The molecule has 2 atom stereocenters. The van der Waals surface area contributed by atoms with E-state index in [4.69, 9.17) is 19.0 Å². The van der Waals surface area contributed by atoms with E-state index in [1.165, 1.54) is 0 Å². The Morgan fingerprint density at radius 1 is 0.970 bits per heavy atom. The first kappa shape index (κ1) is 26.6. The van der Waals surface area contributed by atoms with Crippen LogP contribution in [-0.2, 0) is 29.1 Å². The van der Waals surface area contributed by atoms with Gasteiger partial charge in [-0.3, -0.25) is 4.84 Å². The lowest BCUT2D eigenvalue weighted by Gasteiger charge is -2.30. The molecular weight excluding hydrogens is 442 g/mol. The van der Waals surface area contributed by atoms with E-state index in [1.54, 1.807) is 24.3 Å². The van der Waals surface area contributed by atoms with E-state index in [1.807, 2.05) is 6.92 Å². The lowest BCUT2D eigenvalue weighted by atomic mass is 9.88. The molecule has 0 N–H and O–H groups in total. The monoisotopic (exact) mass is 483 g/mol. The average molecular weight is 484 g/mol. The van der Waals surface area contributed by atoms with Gasteiger partial charge in [0.25, 0.3) is 10.0 Å². The zero-order valence-electron chi connectivity index (χ0n) is 20.5. The number of hydrogen-bond donors (Lipinski definition) is 0. The zero-order valence-corrected chi connectivity index (χ0v) is 21.3. The maximum Gasteiger partial charge on any atom is 0.265 e. The van der Waals surface area contributed by atoms with Gasteiger partial charge in [0, 0.05) is 26.2 Å². The van der Waals surface area contributed by atoms with Crippen molar-refractivity contribution in [2.45, 2.75) is 96.0 Å². The molecule has 2 saturated heterocycles. The Kier molecular flexibility index (Phi) is 10.2. The molecule has 0 spiro atoms. The first-order chi connectivity index (χ1) is 15.8. The van der Waals surface area contributed by atoms with Crippen molar-refractivity contribution in [2.75, 3.05) is 26.4 Å². The molecule has 2 heterocycles. The van der Waals surface area contributed by atoms with Gasteiger partial charge >= 0.3 is 0 Å². The van der Waals surface area contributed by atoms with Crippen LogP contribution in [0.15, 0.2) is 29.2 Å². The molecule has 2 unspecified atom stereocenters. The molecule has 1 aromatic carbocycles. The molecule has 0 saturated carbocycles. The van der Waals surface area contributed by atoms with E-state index in [9.17, 15) is 8.42 Å². The normalized spacial score (nSPS) is 22.5. The smallest absolute Gasteiger partial charge is 0.265 e. The van der Waals surface area contributed by atoms with E-state index in [0.29, 0.717) is 32.6 Å². The maximum atomic E-state index is 13.3. The molecule has 0 radical (unpaired) electrons. The van der Waals surface area contributed by atoms with Gasteiger partial charge in [-0.15, -0.1) is 0 Å². The fraction of sp³-hybridized carbons (Fsp3) is 0.760. The molecule has 7 nitrogen and oxygen atoms in total. The number of aryl methyl sites for hydroxylation is 1. The Labute approximate surface area is 199 Å². The average Bonchev–Trinajstić information content (AvgIpc) is 2.81. The summed E-state index contributed by atoms with van der Waals surface area (Å²) in [5, 5.41) is 0. The van der Waals surface area contributed by atoms with Gasteiger partial charge in [-0.1, -0.05) is 42.4 Å². The number of unbranched alkanes of at least 4 members (excludes halogenated alkanes) is 1. The van der Waals surface area contributed by atoms with Crippen molar-refractivity contribution in [3.8, 4) is 0 Å². The molecule has 0 aromatic heterocycles. The van der Waals surface area contributed by atoms with E-state index >= 15 is 0 Å². The first-order valence-electron chi connectivity index (χ1n) is 12.4. The lowest BCUT2D eigenvalue weighted by molar-refractivity contribution is -0.252. The third-order valence-electron chi connectivity index (χ3n) is 6.20. The molecule has 1 aromatic rings. The molecule has 2 fully saturated rings. The van der Waals surface area contributed by atoms with Crippen LogP contribution in [-0.4, -0.2) is 51.8 Å². The third-order valence-corrected chi connectivity index (χ3v) is 7.87. The summed E-state index contributed by atoms with van der Waals surface area (Å²) in [7, 11) is -3.77. The molecule has 188 valence electrons. The van der Waals surface area contributed by atoms with Crippen molar-refractivity contribution >= 4 is 10.0 Å². The molecule has 33 heavy (non-hydrogen) atoms. The Morgan fingerprint density at radius 3 is 2.21 bits per heavy atom. The second-order valence-corrected chi connectivity index (χ2v) is 11.8. The summed E-state index contributed by atoms with van der Waals surface area (Å²) in [6.07, 6.45) is 7.78. The first-order valence-corrected chi connectivity index (χ1v) is 13.8. The zero-order chi connectivity index (χ0) is 23.7. The Bertz CT molecular complexity index is 799. The molecular formula is C25H41NO6S. The van der Waals surface area contributed by atoms with Gasteiger partial charge in [-0.05, 0) is 69.4 Å². The number of nitrogens with zero attached hydrogens (tertiary/aromatic N) is 1. The highest BCUT2D eigenvalue weighted by atomic mass is 32.2. The van der Waals surface area contributed by atoms with E-state index in [0.717, 1.165) is 61.6 Å². The quantitative estimate of drug-likeness (QED) is 0.301. The summed E-state index contributed by atoms with van der Waals surface area (Å²) in [6, 6.07) is 6.88. The summed E-state index contributed by atoms with van der Waals surface area (Å²) in [5.74, 6) is 0. The van der Waals surface area contributed by atoms with Crippen LogP contribution in [0.4, 0.5) is 0 Å². The van der Waals surface area contributed by atoms with Crippen LogP contribution < -0.4 is 0 Å². The van der Waals surface area contributed by atoms with Gasteiger partial charge in [0.05, 0.1) is 11.5 Å². The van der Waals surface area contributed by atoms with Gasteiger partial charge in [0.2, 0.25) is 0 Å². The largest absolute Gasteiger partial charge is 0.353 e. The standard InChI is InChI=1S/C25H41NO6S/c1-21-12-14-22(15-13-21)33(27,28)26(32-24-11-5-9-19-30-24)17-7-6-16-25(2,3)20-31-23-10-4-8-18-29-23/h12-15,23-24H,4-11,16-20H2,1-3H3. The second-order valence-electron chi connectivity index (χ2n) is 9.97. The van der Waals surface area contributed by atoms with Crippen LogP contribution in [0.3, 0.4) is 0 Å². The van der Waals surface area contributed by atoms with Crippen LogP contribution in [0.5, 0.6) is 0 Å². The second kappa shape index (κ2) is 12.6. The molecule has 3 rings (SSSR count). The van der Waals surface area contributed by atoms with Crippen LogP contribution in [0.25, 0.3) is 0 Å². The lowest BCUT2D eigenvalue weighted by Crippen LogP contribution is -2.38. The minimum atomic E-state index is -3.77. The van der Waals surface area contributed by atoms with Crippen molar-refractivity contribution in [3.63, 3.8) is 0 Å². The van der Waals surface area contributed by atoms with Crippen LogP contribution >= 0.6 is 0 Å². The topological polar surface area (TPSA) is 74.3 Å². The summed E-state index contributed by atoms with van der Waals surface area (Å²) < 4.78 is 45.0. The highest BCUT2D eigenvalue weighted by Crippen LogP contribution is 2.27. The van der Waals surface area contributed by atoms with Gasteiger partial charge < -0.3 is 14.2 Å². The number of ether oxygens (including phenoxy) is 3. The highest BCUT2D eigenvalue weighted by molar-refractivity contribution is 7.89. The minimum Gasteiger partial charge on any atom is -0.353 e. The summed E-state index contributed by atoms with van der Waals surface area (Å²) in [6.45, 7) is 8.61. The van der Waals surface area contributed by atoms with Crippen molar-refractivity contribution in [1.82, 2.24) is 4.47 Å². The molecule has 2 aliphatic heterocycles. The van der Waals surface area contributed by atoms with Crippen LogP contribution in [0.2, 0.25) is 0 Å². The molecule has 8 heteroatoms. The predicted molar refractivity (Wildman–Crippen MR) is 127 cm³/mol. The predicted octanol–water partition coefficient (Wildman–Crippen LogP) is 5.18. The van der Waals surface area contributed by atoms with Crippen LogP contribution in [0, 0.1) is 12.3 Å². The molecule has 0 amide bonds. The number of benzene rings is 1. The van der Waals surface area contributed by atoms with Gasteiger partial charge in [0.1, 0.15) is 0 Å². The maximum absolute atomic E-state index is 13.3. The van der Waals surface area contributed by atoms with E-state index in [2.05, 4.69) is 13.8 Å². The third kappa shape index (κ3) is 8.60. The fourth-order valence-electron chi connectivity index (χ4n) is 4.06. The van der Waals surface area contributed by atoms with Crippen molar-refractivity contribution in [3.05, 3.63) is 29.8 Å². The highest BCUT2D eigenvalue weighted by Gasteiger charge is 2.30. The Balaban J connectivity index is 1.53. The molecule has 0 aliphatic carbocycles. The van der Waals surface area contributed by atoms with E-state index in [-0.39, 0.29) is 16.6 Å². The van der Waals surface area contributed by atoms with Gasteiger partial charge in [-0.25, -0.2) is 8.42 Å². The van der Waals surface area contributed by atoms with Gasteiger partial charge in [0.15, 0.2) is 12.6 Å². The Morgan fingerprint density at radius 2 is 1.61 bits per heavy atom. The van der Waals surface area contributed by atoms with Gasteiger partial charge in [-0.2, -0.15) is 0 Å². The van der Waals surface area contributed by atoms with E-state index < -0.39 is 16.3 Å². The van der Waals surface area contributed by atoms with Crippen molar-refractivity contribution in [1.29, 1.82) is 0 Å². The Hall–Kier alpha value is -1.03. The minimum absolute atomic E-state index is 0.00515. The number of sulfonamides is 1. The number of hydroxylamine groups is 1. The SMILES string of the molecule is Cc1ccc(S(=O)(=O)N(CCCCC(C)(C)COC2CCCCO2)OC2CCCCO2)cc1. The molecule has 0 bridgehead atoms. The van der Waals surface area contributed by atoms with Crippen molar-refractivity contribution < 1.29 is 27.5 Å². The summed E-state index contributed by atoms with van der Waals surface area (Å²) >= 11 is 0. The summed E-state index contributed by atoms with van der Waals surface area (Å²) in [4.78, 5) is 6.12. The number of hydrogen-bond acceptors (Lipinski definition) is 6. The molecule has 2 aliphatic rings.